The lowest BCUT2D eigenvalue weighted by atomic mass is 9.78. The topological polar surface area (TPSA) is 35.5 Å². The Hall–Kier alpha value is -0.330. The lowest BCUT2D eigenvalue weighted by molar-refractivity contribution is -0.150. The zero-order chi connectivity index (χ0) is 14.7. The molecule has 0 radical (unpaired) electrons. The standard InChI is InChI=1S/C13H25F3N2O/c1-10(2)17-12(9-19)6-4-5-11(7-12)18(3)8-13(14,15)16/h10-11,17,19H,4-9H2,1-3H3. The summed E-state index contributed by atoms with van der Waals surface area (Å²) in [6, 6.07) is 0.0765. The Kier molecular flexibility index (Phi) is 5.65. The number of nitrogens with zero attached hydrogens (tertiary/aromatic N) is 1. The van der Waals surface area contributed by atoms with E-state index >= 15 is 0 Å². The molecular weight excluding hydrogens is 257 g/mol. The molecule has 0 aliphatic heterocycles. The molecule has 1 rings (SSSR count). The normalized spacial score (nSPS) is 29.2. The number of aliphatic hydroxyl groups excluding tert-OH is 1. The van der Waals surface area contributed by atoms with Crippen LogP contribution in [0.25, 0.3) is 0 Å². The quantitative estimate of drug-likeness (QED) is 0.811. The first-order valence-electron chi connectivity index (χ1n) is 6.83. The summed E-state index contributed by atoms with van der Waals surface area (Å²) >= 11 is 0. The Balaban J connectivity index is 2.66. The SMILES string of the molecule is CC(C)NC1(CO)CCCC(N(C)CC(F)(F)F)C1. The number of hydrogen-bond acceptors (Lipinski definition) is 3. The van der Waals surface area contributed by atoms with Crippen molar-refractivity contribution in [3.8, 4) is 0 Å². The zero-order valence-electron chi connectivity index (χ0n) is 11.9. The van der Waals surface area contributed by atoms with Gasteiger partial charge in [0.1, 0.15) is 0 Å². The van der Waals surface area contributed by atoms with Crippen molar-refractivity contribution in [2.75, 3.05) is 20.2 Å². The molecule has 0 heterocycles. The van der Waals surface area contributed by atoms with Gasteiger partial charge in [0.05, 0.1) is 13.2 Å². The molecule has 19 heavy (non-hydrogen) atoms. The maximum atomic E-state index is 12.4. The van der Waals surface area contributed by atoms with Gasteiger partial charge < -0.3 is 10.4 Å². The average Bonchev–Trinajstić information content (AvgIpc) is 2.26. The van der Waals surface area contributed by atoms with Gasteiger partial charge in [0.2, 0.25) is 0 Å². The van der Waals surface area contributed by atoms with Gasteiger partial charge in [-0.2, -0.15) is 13.2 Å². The van der Waals surface area contributed by atoms with Gasteiger partial charge in [0.25, 0.3) is 0 Å². The summed E-state index contributed by atoms with van der Waals surface area (Å²) in [5, 5.41) is 13.0. The van der Waals surface area contributed by atoms with Gasteiger partial charge >= 0.3 is 6.18 Å². The van der Waals surface area contributed by atoms with Crippen LogP contribution in [0.4, 0.5) is 13.2 Å². The predicted octanol–water partition coefficient (Wildman–Crippen LogP) is 2.15. The zero-order valence-corrected chi connectivity index (χ0v) is 11.9. The third-order valence-corrected chi connectivity index (χ3v) is 3.77. The summed E-state index contributed by atoms with van der Waals surface area (Å²) in [5.41, 5.74) is -0.434. The molecule has 1 aliphatic carbocycles. The van der Waals surface area contributed by atoms with Gasteiger partial charge in [-0.05, 0) is 32.7 Å². The van der Waals surface area contributed by atoms with Gasteiger partial charge in [-0.3, -0.25) is 4.90 Å². The van der Waals surface area contributed by atoms with Crippen molar-refractivity contribution in [1.82, 2.24) is 10.2 Å². The molecule has 1 saturated carbocycles. The average molecular weight is 282 g/mol. The van der Waals surface area contributed by atoms with E-state index in [1.807, 2.05) is 13.8 Å². The lowest BCUT2D eigenvalue weighted by Crippen LogP contribution is -2.57. The van der Waals surface area contributed by atoms with Crippen LogP contribution in [0.5, 0.6) is 0 Å². The second kappa shape index (κ2) is 6.41. The summed E-state index contributed by atoms with van der Waals surface area (Å²) in [6.45, 7) is 3.06. The van der Waals surface area contributed by atoms with E-state index in [0.717, 1.165) is 19.3 Å². The fraction of sp³-hybridized carbons (Fsp3) is 1.00. The second-order valence-electron chi connectivity index (χ2n) is 6.02. The Morgan fingerprint density at radius 3 is 2.53 bits per heavy atom. The molecule has 0 aromatic rings. The number of halogens is 3. The molecule has 2 N–H and O–H groups in total. The van der Waals surface area contributed by atoms with E-state index in [-0.39, 0.29) is 18.7 Å². The van der Waals surface area contributed by atoms with Crippen molar-refractivity contribution in [1.29, 1.82) is 0 Å². The van der Waals surface area contributed by atoms with Crippen molar-refractivity contribution in [2.24, 2.45) is 0 Å². The highest BCUT2D eigenvalue weighted by molar-refractivity contribution is 4.97. The van der Waals surface area contributed by atoms with Crippen molar-refractivity contribution in [2.45, 2.75) is 63.3 Å². The summed E-state index contributed by atoms with van der Waals surface area (Å²) in [4.78, 5) is 1.37. The minimum atomic E-state index is -4.17. The highest BCUT2D eigenvalue weighted by Crippen LogP contribution is 2.32. The number of nitrogens with one attached hydrogen (secondary N) is 1. The van der Waals surface area contributed by atoms with Crippen molar-refractivity contribution >= 4 is 0 Å². The first kappa shape index (κ1) is 16.7. The molecule has 1 fully saturated rings. The van der Waals surface area contributed by atoms with Crippen LogP contribution < -0.4 is 5.32 Å². The monoisotopic (exact) mass is 282 g/mol. The van der Waals surface area contributed by atoms with E-state index in [2.05, 4.69) is 5.32 Å². The smallest absolute Gasteiger partial charge is 0.394 e. The predicted molar refractivity (Wildman–Crippen MR) is 69.0 cm³/mol. The van der Waals surface area contributed by atoms with Crippen LogP contribution in [-0.4, -0.2) is 54.0 Å². The van der Waals surface area contributed by atoms with Crippen LogP contribution in [-0.2, 0) is 0 Å². The fourth-order valence-electron chi connectivity index (χ4n) is 3.05. The molecule has 0 aromatic heterocycles. The Labute approximate surface area is 113 Å². The van der Waals surface area contributed by atoms with Crippen LogP contribution in [0.1, 0.15) is 39.5 Å². The number of hydrogen-bond donors (Lipinski definition) is 2. The molecule has 3 nitrogen and oxygen atoms in total. The molecule has 0 bridgehead atoms. The van der Waals surface area contributed by atoms with E-state index in [0.29, 0.717) is 6.42 Å². The third kappa shape index (κ3) is 5.28. The van der Waals surface area contributed by atoms with E-state index in [4.69, 9.17) is 0 Å². The van der Waals surface area contributed by atoms with E-state index < -0.39 is 18.3 Å². The fourth-order valence-corrected chi connectivity index (χ4v) is 3.05. The molecule has 2 atom stereocenters. The molecular formula is C13H25F3N2O. The minimum Gasteiger partial charge on any atom is -0.394 e. The number of aliphatic hydroxyl groups is 1. The first-order chi connectivity index (χ1) is 8.67. The van der Waals surface area contributed by atoms with Crippen molar-refractivity contribution in [3.63, 3.8) is 0 Å². The van der Waals surface area contributed by atoms with E-state index in [1.54, 1.807) is 0 Å². The summed E-state index contributed by atoms with van der Waals surface area (Å²) in [7, 11) is 1.51. The van der Waals surface area contributed by atoms with E-state index in [1.165, 1.54) is 11.9 Å². The molecule has 0 amide bonds. The Morgan fingerprint density at radius 1 is 1.42 bits per heavy atom. The Bertz CT molecular complexity index is 284. The van der Waals surface area contributed by atoms with Crippen LogP contribution >= 0.6 is 0 Å². The molecule has 114 valence electrons. The van der Waals surface area contributed by atoms with Crippen LogP contribution in [0.15, 0.2) is 0 Å². The van der Waals surface area contributed by atoms with Crippen molar-refractivity contribution in [3.05, 3.63) is 0 Å². The highest BCUT2D eigenvalue weighted by Gasteiger charge is 2.40. The third-order valence-electron chi connectivity index (χ3n) is 3.77. The van der Waals surface area contributed by atoms with Gasteiger partial charge in [-0.25, -0.2) is 0 Å². The highest BCUT2D eigenvalue weighted by atomic mass is 19.4. The van der Waals surface area contributed by atoms with E-state index in [9.17, 15) is 18.3 Å². The maximum absolute atomic E-state index is 12.4. The van der Waals surface area contributed by atoms with Crippen LogP contribution in [0.3, 0.4) is 0 Å². The van der Waals surface area contributed by atoms with Crippen LogP contribution in [0.2, 0.25) is 0 Å². The van der Waals surface area contributed by atoms with Gasteiger partial charge in [0, 0.05) is 17.6 Å². The molecule has 6 heteroatoms. The first-order valence-corrected chi connectivity index (χ1v) is 6.83. The largest absolute Gasteiger partial charge is 0.401 e. The number of rotatable bonds is 5. The van der Waals surface area contributed by atoms with Crippen LogP contribution in [0, 0.1) is 0 Å². The van der Waals surface area contributed by atoms with Crippen molar-refractivity contribution < 1.29 is 18.3 Å². The van der Waals surface area contributed by atoms with Gasteiger partial charge in [0.15, 0.2) is 0 Å². The van der Waals surface area contributed by atoms with Gasteiger partial charge in [-0.1, -0.05) is 13.8 Å². The molecule has 0 saturated heterocycles. The van der Waals surface area contributed by atoms with Gasteiger partial charge in [-0.15, -0.1) is 0 Å². The summed E-state index contributed by atoms with van der Waals surface area (Å²) in [6.07, 6.45) is -1.19. The molecule has 2 unspecified atom stereocenters. The summed E-state index contributed by atoms with van der Waals surface area (Å²) in [5.74, 6) is 0. The minimum absolute atomic E-state index is 0.0263. The second-order valence-corrected chi connectivity index (χ2v) is 6.02. The number of alkyl halides is 3. The molecule has 0 aromatic carbocycles. The summed E-state index contributed by atoms with van der Waals surface area (Å²) < 4.78 is 37.3. The lowest BCUT2D eigenvalue weighted by Gasteiger charge is -2.44. The molecule has 1 aliphatic rings. The maximum Gasteiger partial charge on any atom is 0.401 e. The Morgan fingerprint density at radius 2 is 2.05 bits per heavy atom. The molecule has 0 spiro atoms.